The summed E-state index contributed by atoms with van der Waals surface area (Å²) in [5.74, 6) is 0.735. The van der Waals surface area contributed by atoms with Crippen molar-refractivity contribution < 1.29 is 4.74 Å². The molecule has 1 aliphatic rings. The fraction of sp³-hybridized carbons (Fsp3) is 0.462. The van der Waals surface area contributed by atoms with E-state index in [0.717, 1.165) is 11.3 Å². The summed E-state index contributed by atoms with van der Waals surface area (Å²) in [5.41, 5.74) is 1.50. The Bertz CT molecular complexity index is 413. The SMILES string of the molecule is CC(C)(C)S.N=C1CCOc2cc(Cl)ccc21.SS. The van der Waals surface area contributed by atoms with Gasteiger partial charge in [0.05, 0.1) is 6.61 Å². The molecule has 1 aromatic carbocycles. The van der Waals surface area contributed by atoms with Crippen molar-refractivity contribution in [1.82, 2.24) is 0 Å². The van der Waals surface area contributed by atoms with Gasteiger partial charge in [0, 0.05) is 27.5 Å². The fourth-order valence-corrected chi connectivity index (χ4v) is 1.42. The molecule has 6 heteroatoms. The quantitative estimate of drug-likeness (QED) is 0.391. The van der Waals surface area contributed by atoms with E-state index < -0.39 is 0 Å². The van der Waals surface area contributed by atoms with Crippen LogP contribution in [-0.4, -0.2) is 17.1 Å². The van der Waals surface area contributed by atoms with Crippen molar-refractivity contribution in [2.45, 2.75) is 31.9 Å². The van der Waals surface area contributed by atoms with Crippen molar-refractivity contribution in [3.05, 3.63) is 28.8 Å². The molecule has 0 aromatic heterocycles. The van der Waals surface area contributed by atoms with E-state index >= 15 is 0 Å². The predicted molar refractivity (Wildman–Crippen MR) is 95.1 cm³/mol. The van der Waals surface area contributed by atoms with Gasteiger partial charge in [-0.3, -0.25) is 0 Å². The highest BCUT2D eigenvalue weighted by atomic mass is 35.5. The number of benzene rings is 1. The molecule has 2 nitrogen and oxygen atoms in total. The van der Waals surface area contributed by atoms with E-state index in [4.69, 9.17) is 21.7 Å². The first kappa shape index (κ1) is 19.0. The van der Waals surface area contributed by atoms with Gasteiger partial charge in [-0.05, 0) is 18.2 Å². The standard InChI is InChI=1S/C9H8ClNO.C4H10S.H2S2/c10-6-1-2-7-8(11)3-4-12-9(7)5-6;1-4(2,3)5;1-2/h1-2,5,11H,3-4H2;5H,1-3H3;1-2H. The topological polar surface area (TPSA) is 33.1 Å². The van der Waals surface area contributed by atoms with Gasteiger partial charge in [-0.1, -0.05) is 32.4 Å². The van der Waals surface area contributed by atoms with Gasteiger partial charge in [-0.25, -0.2) is 0 Å². The number of hydrogen-bond acceptors (Lipinski definition) is 5. The molecular weight excluding hydrogens is 318 g/mol. The first-order valence-corrected chi connectivity index (χ1v) is 8.12. The van der Waals surface area contributed by atoms with Crippen LogP contribution in [0.1, 0.15) is 32.8 Å². The van der Waals surface area contributed by atoms with Crippen LogP contribution in [0.2, 0.25) is 5.02 Å². The van der Waals surface area contributed by atoms with E-state index in [9.17, 15) is 0 Å². The molecule has 1 aliphatic heterocycles. The molecule has 108 valence electrons. The van der Waals surface area contributed by atoms with E-state index in [1.165, 1.54) is 0 Å². The molecule has 0 spiro atoms. The summed E-state index contributed by atoms with van der Waals surface area (Å²) in [6, 6.07) is 5.37. The van der Waals surface area contributed by atoms with Crippen LogP contribution in [0.5, 0.6) is 5.75 Å². The van der Waals surface area contributed by atoms with Crippen molar-refractivity contribution in [3.63, 3.8) is 0 Å². The molecule has 0 saturated carbocycles. The molecule has 1 N–H and O–H groups in total. The van der Waals surface area contributed by atoms with E-state index in [1.54, 1.807) is 12.1 Å². The second-order valence-electron chi connectivity index (χ2n) is 4.89. The van der Waals surface area contributed by atoms with Crippen LogP contribution >= 0.6 is 47.6 Å². The summed E-state index contributed by atoms with van der Waals surface area (Å²) in [6.45, 7) is 6.74. The Morgan fingerprint density at radius 1 is 1.26 bits per heavy atom. The first-order valence-electron chi connectivity index (χ1n) is 5.70. The van der Waals surface area contributed by atoms with Crippen molar-refractivity contribution >= 4 is 53.3 Å². The smallest absolute Gasteiger partial charge is 0.129 e. The lowest BCUT2D eigenvalue weighted by molar-refractivity contribution is 0.320. The molecular formula is C13H20ClNOS3. The molecule has 0 bridgehead atoms. The minimum absolute atomic E-state index is 0.194. The number of fused-ring (bicyclic) bond motifs is 1. The van der Waals surface area contributed by atoms with Crippen LogP contribution in [0.3, 0.4) is 0 Å². The summed E-state index contributed by atoms with van der Waals surface area (Å²) in [5, 5.41) is 8.27. The molecule has 0 unspecified atom stereocenters. The lowest BCUT2D eigenvalue weighted by atomic mass is 10.0. The van der Waals surface area contributed by atoms with Crippen LogP contribution in [0.25, 0.3) is 0 Å². The van der Waals surface area contributed by atoms with Crippen LogP contribution in [0.15, 0.2) is 18.2 Å². The number of ether oxygens (including phenoxy) is 1. The highest BCUT2D eigenvalue weighted by Crippen LogP contribution is 2.27. The van der Waals surface area contributed by atoms with Gasteiger partial charge < -0.3 is 10.1 Å². The largest absolute Gasteiger partial charge is 0.492 e. The third-order valence-electron chi connectivity index (χ3n) is 1.88. The minimum Gasteiger partial charge on any atom is -0.492 e. The third kappa shape index (κ3) is 8.74. The number of hydrogen-bond donors (Lipinski definition) is 4. The Kier molecular flexibility index (Phi) is 9.07. The second kappa shape index (κ2) is 9.06. The van der Waals surface area contributed by atoms with Crippen molar-refractivity contribution in [1.29, 1.82) is 5.41 Å². The lowest BCUT2D eigenvalue weighted by Gasteiger charge is -2.17. The average molecular weight is 338 g/mol. The Morgan fingerprint density at radius 3 is 2.32 bits per heavy atom. The van der Waals surface area contributed by atoms with E-state index in [1.807, 2.05) is 6.07 Å². The number of thiol groups is 3. The van der Waals surface area contributed by atoms with E-state index in [2.05, 4.69) is 56.7 Å². The summed E-state index contributed by atoms with van der Waals surface area (Å²) in [6.07, 6.45) is 0.689. The molecule has 19 heavy (non-hydrogen) atoms. The Labute approximate surface area is 136 Å². The van der Waals surface area contributed by atoms with Crippen LogP contribution in [0, 0.1) is 5.41 Å². The monoisotopic (exact) mass is 337 g/mol. The highest BCUT2D eigenvalue weighted by molar-refractivity contribution is 8.59. The molecule has 0 atom stereocenters. The van der Waals surface area contributed by atoms with E-state index in [-0.39, 0.29) is 4.75 Å². The summed E-state index contributed by atoms with van der Waals surface area (Å²) in [7, 11) is 0. The normalized spacial score (nSPS) is 13.1. The van der Waals surface area contributed by atoms with Gasteiger partial charge in [-0.2, -0.15) is 12.6 Å². The van der Waals surface area contributed by atoms with Crippen LogP contribution < -0.4 is 4.74 Å². The minimum atomic E-state index is 0.194. The molecule has 2 rings (SSSR count). The van der Waals surface area contributed by atoms with Crippen molar-refractivity contribution in [2.24, 2.45) is 0 Å². The lowest BCUT2D eigenvalue weighted by Crippen LogP contribution is -2.14. The van der Waals surface area contributed by atoms with Crippen LogP contribution in [-0.2, 0) is 0 Å². The zero-order valence-electron chi connectivity index (χ0n) is 11.3. The zero-order valence-corrected chi connectivity index (χ0v) is 14.7. The summed E-state index contributed by atoms with van der Waals surface area (Å²) < 4.78 is 5.54. The predicted octanol–water partition coefficient (Wildman–Crippen LogP) is 4.97. The Morgan fingerprint density at radius 2 is 1.79 bits per heavy atom. The maximum Gasteiger partial charge on any atom is 0.129 e. The van der Waals surface area contributed by atoms with E-state index in [0.29, 0.717) is 23.8 Å². The molecule has 1 heterocycles. The maximum atomic E-state index is 7.62. The van der Waals surface area contributed by atoms with Gasteiger partial charge in [0.1, 0.15) is 5.75 Å². The van der Waals surface area contributed by atoms with Gasteiger partial charge in [0.15, 0.2) is 0 Å². The van der Waals surface area contributed by atoms with Gasteiger partial charge >= 0.3 is 0 Å². The van der Waals surface area contributed by atoms with Gasteiger partial charge in [-0.15, -0.1) is 23.3 Å². The molecule has 0 saturated heterocycles. The van der Waals surface area contributed by atoms with Crippen molar-refractivity contribution in [2.75, 3.05) is 6.61 Å². The van der Waals surface area contributed by atoms with Crippen molar-refractivity contribution in [3.8, 4) is 5.75 Å². The number of rotatable bonds is 0. The first-order chi connectivity index (χ1) is 8.77. The van der Waals surface area contributed by atoms with Gasteiger partial charge in [0.25, 0.3) is 0 Å². The third-order valence-corrected chi connectivity index (χ3v) is 2.11. The average Bonchev–Trinajstić information content (AvgIpc) is 2.29. The Hall–Kier alpha value is 0.0300. The molecule has 0 fully saturated rings. The Balaban J connectivity index is 0.000000396. The summed E-state index contributed by atoms with van der Waals surface area (Å²) >= 11 is 16.3. The van der Waals surface area contributed by atoms with Crippen LogP contribution in [0.4, 0.5) is 0 Å². The molecule has 1 aromatic rings. The molecule has 0 aliphatic carbocycles. The molecule has 0 amide bonds. The zero-order chi connectivity index (χ0) is 15.1. The highest BCUT2D eigenvalue weighted by Gasteiger charge is 2.14. The molecule has 0 radical (unpaired) electrons. The van der Waals surface area contributed by atoms with Gasteiger partial charge in [0.2, 0.25) is 0 Å². The maximum absolute atomic E-state index is 7.62. The fourth-order valence-electron chi connectivity index (χ4n) is 1.26. The number of nitrogens with one attached hydrogen (secondary N) is 1. The number of halogens is 1. The second-order valence-corrected chi connectivity index (χ2v) is 6.67. The summed E-state index contributed by atoms with van der Waals surface area (Å²) in [4.78, 5) is 0.